The van der Waals surface area contributed by atoms with E-state index in [4.69, 9.17) is 9.47 Å². The SMILES string of the molecule is CO[C@H]1C=C(C)[C@H](OC)c2ccc(C)cc21. The zero-order valence-corrected chi connectivity index (χ0v) is 10.3. The van der Waals surface area contributed by atoms with E-state index in [9.17, 15) is 0 Å². The average molecular weight is 218 g/mol. The minimum absolute atomic E-state index is 0.0568. The van der Waals surface area contributed by atoms with Crippen LogP contribution in [0.1, 0.15) is 35.8 Å². The van der Waals surface area contributed by atoms with Gasteiger partial charge in [-0.25, -0.2) is 0 Å². The highest BCUT2D eigenvalue weighted by Crippen LogP contribution is 2.39. The van der Waals surface area contributed by atoms with Crippen LogP contribution < -0.4 is 0 Å². The molecule has 1 aromatic rings. The smallest absolute Gasteiger partial charge is 0.103 e. The Labute approximate surface area is 96.9 Å². The summed E-state index contributed by atoms with van der Waals surface area (Å²) in [4.78, 5) is 0. The number of aryl methyl sites for hydroxylation is 1. The van der Waals surface area contributed by atoms with Gasteiger partial charge in [0.15, 0.2) is 0 Å². The number of hydrogen-bond donors (Lipinski definition) is 0. The van der Waals surface area contributed by atoms with Crippen molar-refractivity contribution in [3.63, 3.8) is 0 Å². The summed E-state index contributed by atoms with van der Waals surface area (Å²) in [6, 6.07) is 6.44. The summed E-state index contributed by atoms with van der Waals surface area (Å²) in [6.07, 6.45) is 2.26. The van der Waals surface area contributed by atoms with Gasteiger partial charge in [-0.05, 0) is 36.6 Å². The number of fused-ring (bicyclic) bond motifs is 1. The molecule has 1 aliphatic rings. The Kier molecular flexibility index (Phi) is 3.13. The lowest BCUT2D eigenvalue weighted by molar-refractivity contribution is 0.103. The fourth-order valence-corrected chi connectivity index (χ4v) is 2.35. The molecule has 1 aromatic carbocycles. The summed E-state index contributed by atoms with van der Waals surface area (Å²) in [6.45, 7) is 4.18. The number of hydrogen-bond acceptors (Lipinski definition) is 2. The Morgan fingerprint density at radius 1 is 1.00 bits per heavy atom. The van der Waals surface area contributed by atoms with Crippen LogP contribution in [0.5, 0.6) is 0 Å². The highest BCUT2D eigenvalue weighted by atomic mass is 16.5. The number of ether oxygens (including phenoxy) is 2. The lowest BCUT2D eigenvalue weighted by Gasteiger charge is -2.29. The van der Waals surface area contributed by atoms with Crippen LogP contribution in [0, 0.1) is 6.92 Å². The summed E-state index contributed by atoms with van der Waals surface area (Å²) < 4.78 is 11.0. The normalized spacial score (nSPS) is 23.9. The van der Waals surface area contributed by atoms with Gasteiger partial charge in [0.25, 0.3) is 0 Å². The van der Waals surface area contributed by atoms with Crippen molar-refractivity contribution in [3.8, 4) is 0 Å². The maximum Gasteiger partial charge on any atom is 0.103 e. The van der Waals surface area contributed by atoms with Crippen molar-refractivity contribution in [2.24, 2.45) is 0 Å². The summed E-state index contributed by atoms with van der Waals surface area (Å²) in [5, 5.41) is 0. The van der Waals surface area contributed by atoms with Crippen molar-refractivity contribution in [1.82, 2.24) is 0 Å². The first-order valence-electron chi connectivity index (χ1n) is 5.51. The van der Waals surface area contributed by atoms with Crippen molar-refractivity contribution in [1.29, 1.82) is 0 Å². The molecule has 0 saturated heterocycles. The van der Waals surface area contributed by atoms with Gasteiger partial charge in [0, 0.05) is 14.2 Å². The average Bonchev–Trinajstić information content (AvgIpc) is 2.28. The van der Waals surface area contributed by atoms with Crippen molar-refractivity contribution in [2.75, 3.05) is 14.2 Å². The van der Waals surface area contributed by atoms with Gasteiger partial charge < -0.3 is 9.47 Å². The highest BCUT2D eigenvalue weighted by molar-refractivity contribution is 5.43. The van der Waals surface area contributed by atoms with E-state index in [1.54, 1.807) is 14.2 Å². The maximum atomic E-state index is 5.54. The predicted octanol–water partition coefficient (Wildman–Crippen LogP) is 3.33. The van der Waals surface area contributed by atoms with Crippen LogP contribution in [-0.4, -0.2) is 14.2 Å². The number of methoxy groups -OCH3 is 2. The number of rotatable bonds is 2. The largest absolute Gasteiger partial charge is 0.373 e. The Morgan fingerprint density at radius 2 is 1.75 bits per heavy atom. The Balaban J connectivity index is 2.54. The molecular weight excluding hydrogens is 200 g/mol. The molecule has 1 aliphatic carbocycles. The van der Waals surface area contributed by atoms with Gasteiger partial charge in [0.05, 0.1) is 0 Å². The highest BCUT2D eigenvalue weighted by Gasteiger charge is 2.26. The summed E-state index contributed by atoms with van der Waals surface area (Å²) >= 11 is 0. The van der Waals surface area contributed by atoms with Crippen molar-refractivity contribution in [2.45, 2.75) is 26.1 Å². The zero-order valence-electron chi connectivity index (χ0n) is 10.3. The van der Waals surface area contributed by atoms with Gasteiger partial charge in [-0.15, -0.1) is 0 Å². The molecule has 0 aliphatic heterocycles. The lowest BCUT2D eigenvalue weighted by Crippen LogP contribution is -2.16. The molecule has 0 heterocycles. The number of benzene rings is 1. The second kappa shape index (κ2) is 4.40. The molecule has 86 valence electrons. The summed E-state index contributed by atoms with van der Waals surface area (Å²) in [5.41, 5.74) is 4.91. The topological polar surface area (TPSA) is 18.5 Å². The van der Waals surface area contributed by atoms with Gasteiger partial charge in [0.2, 0.25) is 0 Å². The molecular formula is C14H18O2. The van der Waals surface area contributed by atoms with E-state index < -0.39 is 0 Å². The Bertz CT molecular complexity index is 421. The third-order valence-corrected chi connectivity index (χ3v) is 3.15. The molecule has 16 heavy (non-hydrogen) atoms. The molecule has 0 fully saturated rings. The molecule has 0 saturated carbocycles. The molecule has 0 radical (unpaired) electrons. The molecule has 0 aromatic heterocycles. The monoisotopic (exact) mass is 218 g/mol. The van der Waals surface area contributed by atoms with Crippen LogP contribution in [0.25, 0.3) is 0 Å². The van der Waals surface area contributed by atoms with E-state index in [0.717, 1.165) is 0 Å². The van der Waals surface area contributed by atoms with Crippen LogP contribution >= 0.6 is 0 Å². The zero-order chi connectivity index (χ0) is 11.7. The Morgan fingerprint density at radius 3 is 2.38 bits per heavy atom. The minimum atomic E-state index is 0.0568. The van der Waals surface area contributed by atoms with Gasteiger partial charge in [0.1, 0.15) is 12.2 Å². The quantitative estimate of drug-likeness (QED) is 0.709. The van der Waals surface area contributed by atoms with Crippen molar-refractivity contribution >= 4 is 0 Å². The maximum absolute atomic E-state index is 5.54. The van der Waals surface area contributed by atoms with E-state index in [-0.39, 0.29) is 12.2 Å². The first-order chi connectivity index (χ1) is 7.67. The lowest BCUT2D eigenvalue weighted by atomic mass is 9.87. The fourth-order valence-electron chi connectivity index (χ4n) is 2.35. The van der Waals surface area contributed by atoms with E-state index in [1.807, 2.05) is 0 Å². The third-order valence-electron chi connectivity index (χ3n) is 3.15. The van der Waals surface area contributed by atoms with E-state index in [2.05, 4.69) is 38.1 Å². The summed E-state index contributed by atoms with van der Waals surface area (Å²) in [5.74, 6) is 0. The van der Waals surface area contributed by atoms with Gasteiger partial charge in [-0.2, -0.15) is 0 Å². The molecule has 2 atom stereocenters. The van der Waals surface area contributed by atoms with E-state index >= 15 is 0 Å². The van der Waals surface area contributed by atoms with Gasteiger partial charge in [-0.3, -0.25) is 0 Å². The predicted molar refractivity (Wildman–Crippen MR) is 64.4 cm³/mol. The first kappa shape index (κ1) is 11.4. The summed E-state index contributed by atoms with van der Waals surface area (Å²) in [7, 11) is 3.49. The van der Waals surface area contributed by atoms with Crippen molar-refractivity contribution < 1.29 is 9.47 Å². The van der Waals surface area contributed by atoms with Crippen LogP contribution in [0.4, 0.5) is 0 Å². The van der Waals surface area contributed by atoms with Crippen LogP contribution in [0.15, 0.2) is 29.8 Å². The molecule has 2 heteroatoms. The standard InChI is InChI=1S/C14H18O2/c1-9-5-6-11-12(7-9)13(15-3)8-10(2)14(11)16-4/h5-8,13-14H,1-4H3/t13-,14-/m0/s1. The fraction of sp³-hybridized carbons (Fsp3) is 0.429. The molecule has 0 N–H and O–H groups in total. The van der Waals surface area contributed by atoms with Crippen LogP contribution in [-0.2, 0) is 9.47 Å². The molecule has 2 rings (SSSR count). The minimum Gasteiger partial charge on any atom is -0.373 e. The third kappa shape index (κ3) is 1.79. The van der Waals surface area contributed by atoms with Crippen molar-refractivity contribution in [3.05, 3.63) is 46.5 Å². The van der Waals surface area contributed by atoms with Crippen LogP contribution in [0.3, 0.4) is 0 Å². The first-order valence-corrected chi connectivity index (χ1v) is 5.51. The van der Waals surface area contributed by atoms with E-state index in [0.29, 0.717) is 0 Å². The van der Waals surface area contributed by atoms with E-state index in [1.165, 1.54) is 22.3 Å². The Hall–Kier alpha value is -1.12. The van der Waals surface area contributed by atoms with Crippen LogP contribution in [0.2, 0.25) is 0 Å². The molecule has 2 nitrogen and oxygen atoms in total. The van der Waals surface area contributed by atoms with Gasteiger partial charge >= 0.3 is 0 Å². The molecule has 0 amide bonds. The molecule has 0 unspecified atom stereocenters. The second-order valence-corrected chi connectivity index (χ2v) is 4.32. The van der Waals surface area contributed by atoms with Gasteiger partial charge in [-0.1, -0.05) is 23.8 Å². The molecule has 0 spiro atoms. The second-order valence-electron chi connectivity index (χ2n) is 4.32. The molecule has 0 bridgehead atoms.